The number of rotatable bonds is 6. The van der Waals surface area contributed by atoms with Gasteiger partial charge in [-0.15, -0.1) is 11.3 Å². The summed E-state index contributed by atoms with van der Waals surface area (Å²) in [5, 5.41) is 11.1. The summed E-state index contributed by atoms with van der Waals surface area (Å²) >= 11 is 14.0. The van der Waals surface area contributed by atoms with E-state index in [0.717, 1.165) is 41.6 Å². The average molecular weight is 371 g/mol. The van der Waals surface area contributed by atoms with Gasteiger partial charge in [-0.05, 0) is 31.0 Å². The zero-order chi connectivity index (χ0) is 16.7. The maximum atomic E-state index is 6.17. The van der Waals surface area contributed by atoms with E-state index in [1.165, 1.54) is 0 Å². The minimum atomic E-state index is 0.696. The second-order valence-electron chi connectivity index (χ2n) is 4.98. The summed E-state index contributed by atoms with van der Waals surface area (Å²) in [6.07, 6.45) is 1.62. The molecule has 0 radical (unpaired) electrons. The van der Waals surface area contributed by atoms with Gasteiger partial charge in [0.15, 0.2) is 5.96 Å². The first kappa shape index (κ1) is 18.0. The molecule has 0 atom stereocenters. The van der Waals surface area contributed by atoms with Crippen LogP contribution in [0.1, 0.15) is 16.3 Å². The van der Waals surface area contributed by atoms with Gasteiger partial charge in [-0.3, -0.25) is 4.99 Å². The van der Waals surface area contributed by atoms with Crippen molar-refractivity contribution in [3.63, 3.8) is 0 Å². The van der Waals surface area contributed by atoms with Crippen molar-refractivity contribution in [3.05, 3.63) is 49.9 Å². The first-order valence-corrected chi connectivity index (χ1v) is 9.02. The number of hydrogen-bond acceptors (Lipinski definition) is 3. The maximum absolute atomic E-state index is 6.17. The van der Waals surface area contributed by atoms with Crippen LogP contribution in [0.5, 0.6) is 0 Å². The predicted octanol–water partition coefficient (Wildman–Crippen LogP) is 3.71. The number of nitrogens with zero attached hydrogens (tertiary/aromatic N) is 2. The SMILES string of the molecule is CN=C(NCCc1csc(C)n1)NCCc1c(Cl)cccc1Cl. The van der Waals surface area contributed by atoms with Crippen LogP contribution in [0.15, 0.2) is 28.6 Å². The Morgan fingerprint density at radius 1 is 1.17 bits per heavy atom. The Labute approximate surface area is 151 Å². The molecule has 1 heterocycles. The predicted molar refractivity (Wildman–Crippen MR) is 100 cm³/mol. The summed E-state index contributed by atoms with van der Waals surface area (Å²) in [4.78, 5) is 8.65. The van der Waals surface area contributed by atoms with Gasteiger partial charge in [-0.25, -0.2) is 4.98 Å². The zero-order valence-corrected chi connectivity index (χ0v) is 15.5. The van der Waals surface area contributed by atoms with E-state index in [1.807, 2.05) is 25.1 Å². The van der Waals surface area contributed by atoms with Crippen LogP contribution in [0.4, 0.5) is 0 Å². The first-order chi connectivity index (χ1) is 11.1. The highest BCUT2D eigenvalue weighted by atomic mass is 35.5. The van der Waals surface area contributed by atoms with Gasteiger partial charge in [-0.1, -0.05) is 29.3 Å². The number of guanidine groups is 1. The van der Waals surface area contributed by atoms with Crippen LogP contribution in [0.2, 0.25) is 10.0 Å². The Hall–Kier alpha value is -1.30. The fraction of sp³-hybridized carbons (Fsp3) is 0.375. The lowest BCUT2D eigenvalue weighted by atomic mass is 10.1. The smallest absolute Gasteiger partial charge is 0.190 e. The van der Waals surface area contributed by atoms with E-state index in [2.05, 4.69) is 26.0 Å². The normalized spacial score (nSPS) is 11.6. The lowest BCUT2D eigenvalue weighted by Crippen LogP contribution is -2.39. The summed E-state index contributed by atoms with van der Waals surface area (Å²) in [6, 6.07) is 5.56. The molecule has 124 valence electrons. The van der Waals surface area contributed by atoms with Crippen LogP contribution in [-0.2, 0) is 12.8 Å². The van der Waals surface area contributed by atoms with E-state index < -0.39 is 0 Å². The van der Waals surface area contributed by atoms with Crippen molar-refractivity contribution in [2.24, 2.45) is 4.99 Å². The molecule has 2 aromatic rings. The van der Waals surface area contributed by atoms with Gasteiger partial charge >= 0.3 is 0 Å². The molecule has 1 aromatic carbocycles. The van der Waals surface area contributed by atoms with Gasteiger partial charge in [0.1, 0.15) is 0 Å². The fourth-order valence-corrected chi connectivity index (χ4v) is 3.36. The Balaban J connectivity index is 1.75. The van der Waals surface area contributed by atoms with E-state index in [9.17, 15) is 0 Å². The monoisotopic (exact) mass is 370 g/mol. The van der Waals surface area contributed by atoms with Crippen molar-refractivity contribution < 1.29 is 0 Å². The number of thiazole rings is 1. The molecule has 0 unspecified atom stereocenters. The highest BCUT2D eigenvalue weighted by Crippen LogP contribution is 2.24. The van der Waals surface area contributed by atoms with Gasteiger partial charge in [-0.2, -0.15) is 0 Å². The van der Waals surface area contributed by atoms with Gasteiger partial charge < -0.3 is 10.6 Å². The summed E-state index contributed by atoms with van der Waals surface area (Å²) < 4.78 is 0. The highest BCUT2D eigenvalue weighted by Gasteiger charge is 2.06. The lowest BCUT2D eigenvalue weighted by molar-refractivity contribution is 0.777. The minimum Gasteiger partial charge on any atom is -0.356 e. The fourth-order valence-electron chi connectivity index (χ4n) is 2.13. The van der Waals surface area contributed by atoms with Crippen LogP contribution in [0, 0.1) is 6.92 Å². The standard InChI is InChI=1S/C16H20Cl2N4S/c1-11-22-12(10-23-11)6-8-20-16(19-2)21-9-7-13-14(17)4-3-5-15(13)18/h3-5,10H,6-9H2,1-2H3,(H2,19,20,21). The van der Waals surface area contributed by atoms with Crippen LogP contribution in [0.25, 0.3) is 0 Å². The van der Waals surface area contributed by atoms with Crippen LogP contribution in [0.3, 0.4) is 0 Å². The van der Waals surface area contributed by atoms with Gasteiger partial charge in [0.05, 0.1) is 10.7 Å². The topological polar surface area (TPSA) is 49.3 Å². The largest absolute Gasteiger partial charge is 0.356 e. The summed E-state index contributed by atoms with van der Waals surface area (Å²) in [5.41, 5.74) is 2.06. The molecule has 0 aliphatic carbocycles. The molecule has 0 amide bonds. The number of aryl methyl sites for hydroxylation is 1. The molecule has 0 aliphatic heterocycles. The van der Waals surface area contributed by atoms with Crippen molar-refractivity contribution in [1.29, 1.82) is 0 Å². The van der Waals surface area contributed by atoms with E-state index >= 15 is 0 Å². The Kier molecular flexibility index (Phi) is 7.15. The Morgan fingerprint density at radius 3 is 2.39 bits per heavy atom. The van der Waals surface area contributed by atoms with E-state index in [1.54, 1.807) is 18.4 Å². The molecule has 0 spiro atoms. The summed E-state index contributed by atoms with van der Waals surface area (Å²) in [7, 11) is 1.75. The molecular formula is C16H20Cl2N4S. The third-order valence-electron chi connectivity index (χ3n) is 3.29. The first-order valence-electron chi connectivity index (χ1n) is 7.38. The summed E-state index contributed by atoms with van der Waals surface area (Å²) in [5.74, 6) is 0.764. The quantitative estimate of drug-likeness (QED) is 0.601. The lowest BCUT2D eigenvalue weighted by Gasteiger charge is -2.12. The number of aliphatic imine (C=N–C) groups is 1. The average Bonchev–Trinajstić information content (AvgIpc) is 2.94. The van der Waals surface area contributed by atoms with Crippen molar-refractivity contribution in [2.45, 2.75) is 19.8 Å². The molecule has 7 heteroatoms. The van der Waals surface area contributed by atoms with Crippen molar-refractivity contribution in [1.82, 2.24) is 15.6 Å². The Morgan fingerprint density at radius 2 is 1.83 bits per heavy atom. The zero-order valence-electron chi connectivity index (χ0n) is 13.2. The molecule has 1 aromatic heterocycles. The van der Waals surface area contributed by atoms with Crippen LogP contribution >= 0.6 is 34.5 Å². The Bertz CT molecular complexity index is 650. The molecule has 23 heavy (non-hydrogen) atoms. The molecule has 0 fully saturated rings. The summed E-state index contributed by atoms with van der Waals surface area (Å²) in [6.45, 7) is 3.51. The van der Waals surface area contributed by atoms with Gasteiger partial charge in [0.2, 0.25) is 0 Å². The molecule has 2 rings (SSSR count). The third kappa shape index (κ3) is 5.68. The van der Waals surface area contributed by atoms with Crippen molar-refractivity contribution >= 4 is 40.5 Å². The van der Waals surface area contributed by atoms with E-state index in [-0.39, 0.29) is 0 Å². The second kappa shape index (κ2) is 9.11. The van der Waals surface area contributed by atoms with E-state index in [4.69, 9.17) is 23.2 Å². The number of halogens is 2. The number of nitrogens with one attached hydrogen (secondary N) is 2. The number of aromatic nitrogens is 1. The molecule has 0 aliphatic rings. The minimum absolute atomic E-state index is 0.696. The van der Waals surface area contributed by atoms with Crippen LogP contribution < -0.4 is 10.6 Å². The number of benzene rings is 1. The molecule has 0 bridgehead atoms. The van der Waals surface area contributed by atoms with Crippen LogP contribution in [-0.4, -0.2) is 31.1 Å². The highest BCUT2D eigenvalue weighted by molar-refractivity contribution is 7.09. The molecule has 2 N–H and O–H groups in total. The molecular weight excluding hydrogens is 351 g/mol. The second-order valence-corrected chi connectivity index (χ2v) is 6.86. The maximum Gasteiger partial charge on any atom is 0.190 e. The molecule has 0 saturated heterocycles. The van der Waals surface area contributed by atoms with Crippen molar-refractivity contribution in [3.8, 4) is 0 Å². The van der Waals surface area contributed by atoms with Gasteiger partial charge in [0.25, 0.3) is 0 Å². The number of hydrogen-bond donors (Lipinski definition) is 2. The molecule has 4 nitrogen and oxygen atoms in total. The van der Waals surface area contributed by atoms with Gasteiger partial charge in [0, 0.05) is 42.0 Å². The van der Waals surface area contributed by atoms with Crippen molar-refractivity contribution in [2.75, 3.05) is 20.1 Å². The van der Waals surface area contributed by atoms with E-state index in [0.29, 0.717) is 16.6 Å². The third-order valence-corrected chi connectivity index (χ3v) is 4.82. The molecule has 0 saturated carbocycles.